The average Bonchev–Trinajstić information content (AvgIpc) is 2.47. The van der Waals surface area contributed by atoms with Crippen LogP contribution in [-0.4, -0.2) is 61.0 Å². The summed E-state index contributed by atoms with van der Waals surface area (Å²) in [6, 6.07) is 0.540. The van der Waals surface area contributed by atoms with Gasteiger partial charge in [0.25, 0.3) is 0 Å². The quantitative estimate of drug-likeness (QED) is 0.704. The zero-order valence-corrected chi connectivity index (χ0v) is 13.7. The van der Waals surface area contributed by atoms with Crippen molar-refractivity contribution in [2.45, 2.75) is 58.9 Å². The van der Waals surface area contributed by atoms with Crippen LogP contribution in [-0.2, 0) is 4.79 Å². The monoisotopic (exact) mass is 283 g/mol. The van der Waals surface area contributed by atoms with Crippen molar-refractivity contribution >= 4 is 5.91 Å². The first-order valence-corrected chi connectivity index (χ1v) is 8.45. The number of piperidine rings is 1. The molecule has 1 amide bonds. The van der Waals surface area contributed by atoms with Gasteiger partial charge in [0, 0.05) is 25.7 Å². The Kier molecular flexibility index (Phi) is 8.86. The Balaban J connectivity index is 2.55. The summed E-state index contributed by atoms with van der Waals surface area (Å²) in [6.45, 7) is 12.1. The van der Waals surface area contributed by atoms with Crippen LogP contribution in [0.1, 0.15) is 52.9 Å². The number of hydrogen-bond acceptors (Lipinski definition) is 3. The Bertz CT molecular complexity index is 258. The molecule has 1 unspecified atom stereocenters. The SMILES string of the molecule is CCCN(CCC)C(=O)CN(CCC)C1CCCNC1. The van der Waals surface area contributed by atoms with Crippen LogP contribution >= 0.6 is 0 Å². The molecule has 0 aromatic carbocycles. The molecule has 0 aliphatic carbocycles. The maximum atomic E-state index is 12.5. The van der Waals surface area contributed by atoms with Crippen molar-refractivity contribution in [2.24, 2.45) is 0 Å². The number of nitrogens with one attached hydrogen (secondary N) is 1. The first-order chi connectivity index (χ1) is 9.72. The molecule has 1 aliphatic rings. The summed E-state index contributed by atoms with van der Waals surface area (Å²) in [4.78, 5) is 17.0. The number of nitrogens with zero attached hydrogens (tertiary/aromatic N) is 2. The maximum Gasteiger partial charge on any atom is 0.236 e. The van der Waals surface area contributed by atoms with Gasteiger partial charge in [0.05, 0.1) is 6.54 Å². The molecule has 1 N–H and O–H groups in total. The smallest absolute Gasteiger partial charge is 0.236 e. The zero-order chi connectivity index (χ0) is 14.8. The molecular formula is C16H33N3O. The molecule has 1 aliphatic heterocycles. The van der Waals surface area contributed by atoms with Crippen molar-refractivity contribution in [1.82, 2.24) is 15.1 Å². The Morgan fingerprint density at radius 2 is 1.75 bits per heavy atom. The molecule has 1 fully saturated rings. The van der Waals surface area contributed by atoms with Gasteiger partial charge in [0.1, 0.15) is 0 Å². The van der Waals surface area contributed by atoms with E-state index in [-0.39, 0.29) is 0 Å². The van der Waals surface area contributed by atoms with E-state index in [4.69, 9.17) is 0 Å². The van der Waals surface area contributed by atoms with Crippen molar-refractivity contribution in [3.8, 4) is 0 Å². The van der Waals surface area contributed by atoms with E-state index in [2.05, 4.69) is 31.0 Å². The topological polar surface area (TPSA) is 35.6 Å². The molecule has 1 rings (SSSR count). The number of carbonyl (C=O) groups is 1. The third-order valence-electron chi connectivity index (χ3n) is 3.98. The summed E-state index contributed by atoms with van der Waals surface area (Å²) in [5.41, 5.74) is 0. The molecule has 0 aromatic heterocycles. The first kappa shape index (κ1) is 17.4. The second-order valence-corrected chi connectivity index (χ2v) is 5.85. The molecule has 0 bridgehead atoms. The average molecular weight is 283 g/mol. The van der Waals surface area contributed by atoms with Gasteiger partial charge in [0.2, 0.25) is 5.91 Å². The highest BCUT2D eigenvalue weighted by molar-refractivity contribution is 5.78. The summed E-state index contributed by atoms with van der Waals surface area (Å²) < 4.78 is 0. The molecule has 118 valence electrons. The summed E-state index contributed by atoms with van der Waals surface area (Å²) in [6.07, 6.45) is 5.66. The van der Waals surface area contributed by atoms with E-state index in [1.54, 1.807) is 0 Å². The van der Waals surface area contributed by atoms with E-state index in [1.165, 1.54) is 12.8 Å². The molecule has 1 saturated heterocycles. The van der Waals surface area contributed by atoms with E-state index >= 15 is 0 Å². The highest BCUT2D eigenvalue weighted by Gasteiger charge is 2.24. The minimum atomic E-state index is 0.313. The Morgan fingerprint density at radius 1 is 1.10 bits per heavy atom. The lowest BCUT2D eigenvalue weighted by molar-refractivity contribution is -0.133. The molecule has 1 atom stereocenters. The van der Waals surface area contributed by atoms with E-state index in [0.29, 0.717) is 18.5 Å². The van der Waals surface area contributed by atoms with E-state index in [1.807, 2.05) is 4.90 Å². The van der Waals surface area contributed by atoms with Gasteiger partial charge in [-0.2, -0.15) is 0 Å². The fourth-order valence-corrected chi connectivity index (χ4v) is 3.00. The van der Waals surface area contributed by atoms with Crippen molar-refractivity contribution in [3.63, 3.8) is 0 Å². The van der Waals surface area contributed by atoms with Crippen molar-refractivity contribution < 1.29 is 4.79 Å². The third-order valence-corrected chi connectivity index (χ3v) is 3.98. The number of carbonyl (C=O) groups excluding carboxylic acids is 1. The zero-order valence-electron chi connectivity index (χ0n) is 13.7. The van der Waals surface area contributed by atoms with E-state index in [9.17, 15) is 4.79 Å². The predicted molar refractivity (Wildman–Crippen MR) is 84.9 cm³/mol. The fourth-order valence-electron chi connectivity index (χ4n) is 3.00. The minimum Gasteiger partial charge on any atom is -0.342 e. The number of rotatable bonds is 9. The minimum absolute atomic E-state index is 0.313. The van der Waals surface area contributed by atoms with Crippen molar-refractivity contribution in [1.29, 1.82) is 0 Å². The van der Waals surface area contributed by atoms with Gasteiger partial charge < -0.3 is 10.2 Å². The van der Waals surface area contributed by atoms with Crippen LogP contribution in [0.5, 0.6) is 0 Å². The molecule has 0 spiro atoms. The predicted octanol–water partition coefficient (Wildman–Crippen LogP) is 2.10. The summed E-state index contributed by atoms with van der Waals surface area (Å²) >= 11 is 0. The lowest BCUT2D eigenvalue weighted by Gasteiger charge is -2.35. The van der Waals surface area contributed by atoms with Crippen molar-refractivity contribution in [3.05, 3.63) is 0 Å². The fraction of sp³-hybridized carbons (Fsp3) is 0.938. The van der Waals surface area contributed by atoms with E-state index < -0.39 is 0 Å². The van der Waals surface area contributed by atoms with Gasteiger partial charge in [0.15, 0.2) is 0 Å². The molecule has 20 heavy (non-hydrogen) atoms. The molecule has 4 nitrogen and oxygen atoms in total. The molecule has 0 aromatic rings. The second kappa shape index (κ2) is 10.2. The van der Waals surface area contributed by atoms with Gasteiger partial charge in [-0.1, -0.05) is 20.8 Å². The Hall–Kier alpha value is -0.610. The molecule has 0 radical (unpaired) electrons. The van der Waals surface area contributed by atoms with Crippen LogP contribution in [0, 0.1) is 0 Å². The van der Waals surface area contributed by atoms with Gasteiger partial charge in [-0.05, 0) is 45.2 Å². The van der Waals surface area contributed by atoms with Gasteiger partial charge >= 0.3 is 0 Å². The third kappa shape index (κ3) is 5.80. The summed E-state index contributed by atoms with van der Waals surface area (Å²) in [5.74, 6) is 0.313. The molecule has 4 heteroatoms. The second-order valence-electron chi connectivity index (χ2n) is 5.85. The first-order valence-electron chi connectivity index (χ1n) is 8.45. The van der Waals surface area contributed by atoms with E-state index in [0.717, 1.165) is 52.0 Å². The largest absolute Gasteiger partial charge is 0.342 e. The number of hydrogen-bond donors (Lipinski definition) is 1. The van der Waals surface area contributed by atoms with Gasteiger partial charge in [-0.25, -0.2) is 0 Å². The molecular weight excluding hydrogens is 250 g/mol. The van der Waals surface area contributed by atoms with Gasteiger partial charge in [-0.15, -0.1) is 0 Å². The molecule has 0 saturated carbocycles. The normalized spacial score (nSPS) is 19.3. The van der Waals surface area contributed by atoms with Crippen LogP contribution in [0.25, 0.3) is 0 Å². The van der Waals surface area contributed by atoms with Gasteiger partial charge in [-0.3, -0.25) is 9.69 Å². The maximum absolute atomic E-state index is 12.5. The molecule has 1 heterocycles. The Labute approximate surface area is 124 Å². The number of amides is 1. The summed E-state index contributed by atoms with van der Waals surface area (Å²) in [5, 5.41) is 3.46. The van der Waals surface area contributed by atoms with Crippen LogP contribution in [0.2, 0.25) is 0 Å². The van der Waals surface area contributed by atoms with Crippen LogP contribution in [0.15, 0.2) is 0 Å². The lowest BCUT2D eigenvalue weighted by Crippen LogP contribution is -2.50. The van der Waals surface area contributed by atoms with Crippen molar-refractivity contribution in [2.75, 3.05) is 39.3 Å². The van der Waals surface area contributed by atoms with Crippen LogP contribution in [0.4, 0.5) is 0 Å². The van der Waals surface area contributed by atoms with Crippen LogP contribution in [0.3, 0.4) is 0 Å². The summed E-state index contributed by atoms with van der Waals surface area (Å²) in [7, 11) is 0. The highest BCUT2D eigenvalue weighted by atomic mass is 16.2. The van der Waals surface area contributed by atoms with Crippen LogP contribution < -0.4 is 5.32 Å². The Morgan fingerprint density at radius 3 is 2.25 bits per heavy atom. The lowest BCUT2D eigenvalue weighted by atomic mass is 10.1. The highest BCUT2D eigenvalue weighted by Crippen LogP contribution is 2.11. The standard InChI is InChI=1S/C16H33N3O/c1-4-10-18(11-5-2)16(20)14-19(12-6-3)15-8-7-9-17-13-15/h15,17H,4-14H2,1-3H3.